The molecule has 1 aromatic rings. The number of nitrogens with one attached hydrogen (secondary N) is 1. The molecule has 1 saturated heterocycles. The van der Waals surface area contributed by atoms with Crippen molar-refractivity contribution >= 4 is 5.95 Å². The molecule has 18 heavy (non-hydrogen) atoms. The van der Waals surface area contributed by atoms with Gasteiger partial charge in [0, 0.05) is 12.8 Å². The summed E-state index contributed by atoms with van der Waals surface area (Å²) in [7, 11) is 0. The van der Waals surface area contributed by atoms with Gasteiger partial charge in [-0.1, -0.05) is 0 Å². The predicted molar refractivity (Wildman–Crippen MR) is 63.5 cm³/mol. The summed E-state index contributed by atoms with van der Waals surface area (Å²) in [6.07, 6.45) is 2.52. The van der Waals surface area contributed by atoms with Gasteiger partial charge in [-0.2, -0.15) is 9.37 Å². The number of nitrogens with zero attached hydrogens (tertiary/aromatic N) is 2. The topological polar surface area (TPSA) is 82.3 Å². The van der Waals surface area contributed by atoms with Crippen LogP contribution in [0.25, 0.3) is 0 Å². The molecule has 1 aliphatic heterocycles. The molecule has 1 fully saturated rings. The number of anilines is 1. The lowest BCUT2D eigenvalue weighted by molar-refractivity contribution is -0.0736. The second-order valence-corrected chi connectivity index (χ2v) is 4.46. The number of rotatable bonds is 3. The molecule has 0 radical (unpaired) electrons. The van der Waals surface area contributed by atoms with Crippen LogP contribution in [0.4, 0.5) is 10.3 Å². The Morgan fingerprint density at radius 2 is 2.11 bits per heavy atom. The van der Waals surface area contributed by atoms with Crippen LogP contribution >= 0.6 is 0 Å². The Hall–Kier alpha value is -1.47. The van der Waals surface area contributed by atoms with Crippen molar-refractivity contribution in [3.63, 3.8) is 0 Å². The summed E-state index contributed by atoms with van der Waals surface area (Å²) >= 11 is 0. The van der Waals surface area contributed by atoms with Gasteiger partial charge in [0.15, 0.2) is 0 Å². The molecule has 1 aliphatic rings. The molecule has 2 atom stereocenters. The first kappa shape index (κ1) is 13.0. The monoisotopic (exact) mass is 256 g/mol. The molecule has 2 rings (SSSR count). The van der Waals surface area contributed by atoms with E-state index in [2.05, 4.69) is 15.4 Å². The highest BCUT2D eigenvalue weighted by molar-refractivity contribution is 5.26. The third-order valence-corrected chi connectivity index (χ3v) is 2.77. The van der Waals surface area contributed by atoms with Crippen molar-refractivity contribution in [3.8, 4) is 5.88 Å². The van der Waals surface area contributed by atoms with Crippen LogP contribution in [0.5, 0.6) is 5.88 Å². The summed E-state index contributed by atoms with van der Waals surface area (Å²) in [6.45, 7) is 3.93. The number of aromatic nitrogens is 2. The average Bonchev–Trinajstić information content (AvgIpc) is 2.30. The fraction of sp³-hybridized carbons (Fsp3) is 0.636. The van der Waals surface area contributed by atoms with E-state index < -0.39 is 5.82 Å². The maximum absolute atomic E-state index is 13.5. The van der Waals surface area contributed by atoms with Gasteiger partial charge in [-0.15, -0.1) is 0 Å². The molecule has 0 bridgehead atoms. The summed E-state index contributed by atoms with van der Waals surface area (Å²) in [4.78, 5) is 7.50. The molecule has 0 aliphatic carbocycles. The van der Waals surface area contributed by atoms with E-state index in [0.717, 1.165) is 6.20 Å². The molecule has 0 amide bonds. The third kappa shape index (κ3) is 3.05. The van der Waals surface area contributed by atoms with Gasteiger partial charge in [0.05, 0.1) is 18.4 Å². The Morgan fingerprint density at radius 1 is 1.44 bits per heavy atom. The Kier molecular flexibility index (Phi) is 3.93. The van der Waals surface area contributed by atoms with E-state index in [9.17, 15) is 4.39 Å². The van der Waals surface area contributed by atoms with Crippen molar-refractivity contribution in [1.82, 2.24) is 9.97 Å². The number of ether oxygens (including phenoxy) is 2. The fourth-order valence-electron chi connectivity index (χ4n) is 2.10. The smallest absolute Gasteiger partial charge is 0.255 e. The summed E-state index contributed by atoms with van der Waals surface area (Å²) in [5, 5.41) is 0. The average molecular weight is 256 g/mol. The fourth-order valence-corrected chi connectivity index (χ4v) is 2.10. The van der Waals surface area contributed by atoms with E-state index in [0.29, 0.717) is 12.8 Å². The molecule has 2 unspecified atom stereocenters. The van der Waals surface area contributed by atoms with E-state index in [1.165, 1.54) is 0 Å². The minimum absolute atomic E-state index is 0.0794. The SMILES string of the molecule is CC1CC(Oc2nc(NN)ncc2F)CC(C)O1. The number of hydrogen-bond donors (Lipinski definition) is 2. The van der Waals surface area contributed by atoms with Gasteiger partial charge >= 0.3 is 0 Å². The quantitative estimate of drug-likeness (QED) is 0.625. The molecule has 3 N–H and O–H groups in total. The van der Waals surface area contributed by atoms with E-state index in [-0.39, 0.29) is 30.1 Å². The van der Waals surface area contributed by atoms with Gasteiger partial charge in [-0.25, -0.2) is 10.8 Å². The van der Waals surface area contributed by atoms with E-state index in [1.54, 1.807) is 0 Å². The highest BCUT2D eigenvalue weighted by Crippen LogP contribution is 2.24. The lowest BCUT2D eigenvalue weighted by atomic mass is 10.0. The molecule has 0 aromatic carbocycles. The zero-order valence-corrected chi connectivity index (χ0v) is 10.4. The predicted octanol–water partition coefficient (Wildman–Crippen LogP) is 1.24. The zero-order chi connectivity index (χ0) is 13.1. The molecule has 7 heteroatoms. The first-order chi connectivity index (χ1) is 8.58. The second kappa shape index (κ2) is 5.45. The van der Waals surface area contributed by atoms with E-state index in [4.69, 9.17) is 15.3 Å². The lowest BCUT2D eigenvalue weighted by Crippen LogP contribution is -2.36. The first-order valence-corrected chi connectivity index (χ1v) is 5.89. The second-order valence-electron chi connectivity index (χ2n) is 4.46. The van der Waals surface area contributed by atoms with Crippen molar-refractivity contribution < 1.29 is 13.9 Å². The third-order valence-electron chi connectivity index (χ3n) is 2.77. The minimum atomic E-state index is -0.596. The van der Waals surface area contributed by atoms with Gasteiger partial charge in [0.25, 0.3) is 5.88 Å². The normalized spacial score (nSPS) is 27.9. The lowest BCUT2D eigenvalue weighted by Gasteiger charge is -2.31. The van der Waals surface area contributed by atoms with Crippen LogP contribution in [0.3, 0.4) is 0 Å². The van der Waals surface area contributed by atoms with Gasteiger partial charge in [-0.3, -0.25) is 5.43 Å². The molecule has 0 spiro atoms. The van der Waals surface area contributed by atoms with E-state index in [1.807, 2.05) is 13.8 Å². The summed E-state index contributed by atoms with van der Waals surface area (Å²) in [5.74, 6) is 4.62. The Balaban J connectivity index is 2.08. The number of nitrogens with two attached hydrogens (primary N) is 1. The summed E-state index contributed by atoms with van der Waals surface area (Å²) < 4.78 is 24.7. The summed E-state index contributed by atoms with van der Waals surface area (Å²) in [5.41, 5.74) is 2.26. The van der Waals surface area contributed by atoms with Crippen LogP contribution in [0, 0.1) is 5.82 Å². The first-order valence-electron chi connectivity index (χ1n) is 5.89. The molecule has 6 nitrogen and oxygen atoms in total. The highest BCUT2D eigenvalue weighted by Gasteiger charge is 2.27. The van der Waals surface area contributed by atoms with Crippen LogP contribution < -0.4 is 16.0 Å². The molecular formula is C11H17FN4O2. The van der Waals surface area contributed by atoms with Crippen molar-refractivity contribution in [1.29, 1.82) is 0 Å². The van der Waals surface area contributed by atoms with Crippen LogP contribution in [0.2, 0.25) is 0 Å². The summed E-state index contributed by atoms with van der Waals surface area (Å²) in [6, 6.07) is 0. The Bertz CT molecular complexity index is 408. The molecule has 0 saturated carbocycles. The van der Waals surface area contributed by atoms with Crippen LogP contribution in [-0.4, -0.2) is 28.3 Å². The van der Waals surface area contributed by atoms with Gasteiger partial charge in [0.1, 0.15) is 6.10 Å². The van der Waals surface area contributed by atoms with Gasteiger partial charge in [-0.05, 0) is 13.8 Å². The molecule has 100 valence electrons. The van der Waals surface area contributed by atoms with Crippen molar-refractivity contribution in [2.45, 2.75) is 45.0 Å². The molecule has 2 heterocycles. The Morgan fingerprint density at radius 3 is 2.72 bits per heavy atom. The number of nitrogen functional groups attached to an aromatic ring is 1. The highest BCUT2D eigenvalue weighted by atomic mass is 19.1. The molecular weight excluding hydrogens is 239 g/mol. The number of halogens is 1. The maximum atomic E-state index is 13.5. The van der Waals surface area contributed by atoms with E-state index >= 15 is 0 Å². The van der Waals surface area contributed by atoms with Crippen LogP contribution in [0.1, 0.15) is 26.7 Å². The van der Waals surface area contributed by atoms with Crippen LogP contribution in [0.15, 0.2) is 6.20 Å². The van der Waals surface area contributed by atoms with Gasteiger partial charge < -0.3 is 9.47 Å². The standard InChI is InChI=1S/C11H17FN4O2/c1-6-3-8(4-7(2)17-6)18-10-9(12)5-14-11(15-10)16-13/h5-8H,3-4,13H2,1-2H3,(H,14,15,16). The zero-order valence-electron chi connectivity index (χ0n) is 10.4. The molecule has 1 aromatic heterocycles. The largest absolute Gasteiger partial charge is 0.472 e. The number of hydrogen-bond acceptors (Lipinski definition) is 6. The Labute approximate surface area is 105 Å². The van der Waals surface area contributed by atoms with Crippen molar-refractivity contribution in [2.24, 2.45) is 5.84 Å². The number of hydrazine groups is 1. The maximum Gasteiger partial charge on any atom is 0.255 e. The van der Waals surface area contributed by atoms with Gasteiger partial charge in [0.2, 0.25) is 11.8 Å². The van der Waals surface area contributed by atoms with Crippen molar-refractivity contribution in [3.05, 3.63) is 12.0 Å². The van der Waals surface area contributed by atoms with Crippen LogP contribution in [-0.2, 0) is 4.74 Å². The minimum Gasteiger partial charge on any atom is -0.472 e. The van der Waals surface area contributed by atoms with Crippen molar-refractivity contribution in [2.75, 3.05) is 5.43 Å².